The monoisotopic (exact) mass is 320 g/mol. The minimum absolute atomic E-state index is 0.0665. The maximum absolute atomic E-state index is 5.85. The third kappa shape index (κ3) is 2.02. The van der Waals surface area contributed by atoms with Crippen molar-refractivity contribution in [2.45, 2.75) is 24.3 Å². The lowest BCUT2D eigenvalue weighted by molar-refractivity contribution is 0.412. The van der Waals surface area contributed by atoms with Gasteiger partial charge in [0.05, 0.1) is 22.4 Å². The molecule has 1 aliphatic rings. The molecule has 0 bridgehead atoms. The summed E-state index contributed by atoms with van der Waals surface area (Å²) in [7, 11) is 1.95. The van der Waals surface area contributed by atoms with Crippen molar-refractivity contribution < 1.29 is 0 Å². The average Bonchev–Trinajstić information content (AvgIpc) is 3.17. The fraction of sp³-hybridized carbons (Fsp3) is 0.357. The van der Waals surface area contributed by atoms with Crippen molar-refractivity contribution >= 4 is 15.9 Å². The molecule has 1 aliphatic carbocycles. The summed E-state index contributed by atoms with van der Waals surface area (Å²) in [6.45, 7) is 0. The van der Waals surface area contributed by atoms with Crippen LogP contribution in [0.2, 0.25) is 0 Å². The highest BCUT2D eigenvalue weighted by molar-refractivity contribution is 9.10. The molecule has 0 radical (unpaired) electrons. The standard InChI is InChI=1S/C14H17BrN4/c1-19-12(11(15)9-17-19)13(18-16)14(7-8-14)10-5-3-2-4-6-10/h2-6,9,13,18H,7-8,16H2,1H3. The summed E-state index contributed by atoms with van der Waals surface area (Å²) >= 11 is 3.57. The van der Waals surface area contributed by atoms with E-state index >= 15 is 0 Å². The van der Waals surface area contributed by atoms with Crippen LogP contribution in [0.1, 0.15) is 30.1 Å². The minimum atomic E-state index is 0.0665. The van der Waals surface area contributed by atoms with E-state index in [-0.39, 0.29) is 11.5 Å². The normalized spacial score (nSPS) is 18.3. The summed E-state index contributed by atoms with van der Waals surface area (Å²) in [5.41, 5.74) is 5.53. The molecule has 0 aliphatic heterocycles. The predicted octanol–water partition coefficient (Wildman–Crippen LogP) is 2.42. The second kappa shape index (κ2) is 4.74. The van der Waals surface area contributed by atoms with Gasteiger partial charge >= 0.3 is 0 Å². The Balaban J connectivity index is 2.04. The van der Waals surface area contributed by atoms with Crippen molar-refractivity contribution in [3.05, 3.63) is 52.3 Å². The topological polar surface area (TPSA) is 55.9 Å². The zero-order chi connectivity index (χ0) is 13.5. The number of nitrogens with one attached hydrogen (secondary N) is 1. The Bertz CT molecular complexity index is 555. The zero-order valence-electron chi connectivity index (χ0n) is 10.8. The van der Waals surface area contributed by atoms with Crippen molar-refractivity contribution in [2.24, 2.45) is 12.9 Å². The molecular weight excluding hydrogens is 304 g/mol. The van der Waals surface area contributed by atoms with Gasteiger partial charge in [-0.05, 0) is 34.3 Å². The predicted molar refractivity (Wildman–Crippen MR) is 78.3 cm³/mol. The summed E-state index contributed by atoms with van der Waals surface area (Å²) in [6, 6.07) is 10.6. The molecule has 0 amide bonds. The first-order valence-electron chi connectivity index (χ1n) is 6.38. The number of aromatic nitrogens is 2. The lowest BCUT2D eigenvalue weighted by Crippen LogP contribution is -2.38. The van der Waals surface area contributed by atoms with Crippen LogP contribution in [0.15, 0.2) is 41.0 Å². The van der Waals surface area contributed by atoms with Gasteiger partial charge in [-0.15, -0.1) is 0 Å². The summed E-state index contributed by atoms with van der Waals surface area (Å²) in [4.78, 5) is 0. The molecule has 1 heterocycles. The number of nitrogens with zero attached hydrogens (tertiary/aromatic N) is 2. The van der Waals surface area contributed by atoms with Crippen LogP contribution in [-0.4, -0.2) is 9.78 Å². The fourth-order valence-corrected chi connectivity index (χ4v) is 3.47. The summed E-state index contributed by atoms with van der Waals surface area (Å²) in [5, 5.41) is 4.29. The van der Waals surface area contributed by atoms with Crippen molar-refractivity contribution in [2.75, 3.05) is 0 Å². The lowest BCUT2D eigenvalue weighted by atomic mass is 9.86. The van der Waals surface area contributed by atoms with Crippen molar-refractivity contribution in [3.8, 4) is 0 Å². The summed E-state index contributed by atoms with van der Waals surface area (Å²) in [6.07, 6.45) is 4.10. The second-order valence-corrected chi connectivity index (χ2v) is 5.98. The van der Waals surface area contributed by atoms with Gasteiger partial charge in [-0.25, -0.2) is 0 Å². The molecule has 1 aromatic heterocycles. The first-order chi connectivity index (χ1) is 9.19. The summed E-state index contributed by atoms with van der Waals surface area (Å²) in [5.74, 6) is 5.85. The van der Waals surface area contributed by atoms with E-state index < -0.39 is 0 Å². The molecule has 5 heteroatoms. The van der Waals surface area contributed by atoms with Gasteiger partial charge in [0, 0.05) is 12.5 Å². The van der Waals surface area contributed by atoms with Crippen LogP contribution in [0.4, 0.5) is 0 Å². The highest BCUT2D eigenvalue weighted by Gasteiger charge is 2.52. The van der Waals surface area contributed by atoms with E-state index in [2.05, 4.69) is 50.7 Å². The van der Waals surface area contributed by atoms with Crippen LogP contribution in [0, 0.1) is 0 Å². The highest BCUT2D eigenvalue weighted by atomic mass is 79.9. The number of rotatable bonds is 4. The van der Waals surface area contributed by atoms with Crippen LogP contribution < -0.4 is 11.3 Å². The quantitative estimate of drug-likeness (QED) is 0.672. The maximum Gasteiger partial charge on any atom is 0.0736 e. The Hall–Kier alpha value is -1.17. The van der Waals surface area contributed by atoms with E-state index in [0.29, 0.717) is 0 Å². The molecule has 0 spiro atoms. The van der Waals surface area contributed by atoms with Crippen LogP contribution in [-0.2, 0) is 12.5 Å². The molecule has 1 saturated carbocycles. The SMILES string of the molecule is Cn1ncc(Br)c1C(NN)C1(c2ccccc2)CC1. The van der Waals surface area contributed by atoms with Gasteiger partial charge in [0.25, 0.3) is 0 Å². The molecular formula is C14H17BrN4. The number of halogens is 1. The van der Waals surface area contributed by atoms with E-state index in [1.54, 1.807) is 0 Å². The molecule has 0 saturated heterocycles. The van der Waals surface area contributed by atoms with Gasteiger partial charge in [-0.1, -0.05) is 30.3 Å². The number of benzene rings is 1. The molecule has 1 atom stereocenters. The Labute approximate surface area is 121 Å². The number of aryl methyl sites for hydroxylation is 1. The largest absolute Gasteiger partial charge is 0.271 e. The third-order valence-corrected chi connectivity index (χ3v) is 4.68. The average molecular weight is 321 g/mol. The Morgan fingerprint density at radius 1 is 1.37 bits per heavy atom. The van der Waals surface area contributed by atoms with Crippen molar-refractivity contribution in [1.29, 1.82) is 0 Å². The van der Waals surface area contributed by atoms with Crippen LogP contribution >= 0.6 is 15.9 Å². The van der Waals surface area contributed by atoms with Gasteiger partial charge < -0.3 is 0 Å². The molecule has 1 unspecified atom stereocenters. The number of hydrogen-bond donors (Lipinski definition) is 2. The lowest BCUT2D eigenvalue weighted by Gasteiger charge is -2.27. The van der Waals surface area contributed by atoms with Crippen LogP contribution in [0.3, 0.4) is 0 Å². The molecule has 19 heavy (non-hydrogen) atoms. The van der Waals surface area contributed by atoms with Crippen molar-refractivity contribution in [3.63, 3.8) is 0 Å². The Morgan fingerprint density at radius 3 is 2.53 bits per heavy atom. The van der Waals surface area contributed by atoms with E-state index in [0.717, 1.165) is 23.0 Å². The molecule has 2 aromatic rings. The van der Waals surface area contributed by atoms with E-state index in [1.807, 2.05) is 24.0 Å². The number of hydrazine groups is 1. The smallest absolute Gasteiger partial charge is 0.0736 e. The van der Waals surface area contributed by atoms with E-state index in [1.165, 1.54) is 5.56 Å². The van der Waals surface area contributed by atoms with Crippen LogP contribution in [0.5, 0.6) is 0 Å². The number of nitrogens with two attached hydrogens (primary N) is 1. The minimum Gasteiger partial charge on any atom is -0.271 e. The highest BCUT2D eigenvalue weighted by Crippen LogP contribution is 2.56. The van der Waals surface area contributed by atoms with E-state index in [9.17, 15) is 0 Å². The van der Waals surface area contributed by atoms with Gasteiger partial charge in [0.15, 0.2) is 0 Å². The summed E-state index contributed by atoms with van der Waals surface area (Å²) < 4.78 is 2.89. The van der Waals surface area contributed by atoms with Gasteiger partial charge in [-0.2, -0.15) is 5.10 Å². The fourth-order valence-electron chi connectivity index (χ4n) is 2.89. The van der Waals surface area contributed by atoms with Gasteiger partial charge in [0.2, 0.25) is 0 Å². The van der Waals surface area contributed by atoms with Gasteiger partial charge in [-0.3, -0.25) is 16.0 Å². The van der Waals surface area contributed by atoms with Crippen molar-refractivity contribution in [1.82, 2.24) is 15.2 Å². The second-order valence-electron chi connectivity index (χ2n) is 5.12. The number of hydrogen-bond acceptors (Lipinski definition) is 3. The molecule has 4 nitrogen and oxygen atoms in total. The van der Waals surface area contributed by atoms with Crippen LogP contribution in [0.25, 0.3) is 0 Å². The first-order valence-corrected chi connectivity index (χ1v) is 7.17. The third-order valence-electron chi connectivity index (χ3n) is 4.07. The molecule has 1 aromatic carbocycles. The molecule has 3 N–H and O–H groups in total. The molecule has 1 fully saturated rings. The molecule has 100 valence electrons. The molecule has 3 rings (SSSR count). The Morgan fingerprint density at radius 2 is 2.05 bits per heavy atom. The maximum atomic E-state index is 5.85. The van der Waals surface area contributed by atoms with E-state index in [4.69, 9.17) is 5.84 Å². The zero-order valence-corrected chi connectivity index (χ0v) is 12.4. The Kier molecular flexibility index (Phi) is 3.20. The first kappa shape index (κ1) is 12.8. The van der Waals surface area contributed by atoms with Gasteiger partial charge in [0.1, 0.15) is 0 Å².